The van der Waals surface area contributed by atoms with E-state index in [1.807, 2.05) is 6.92 Å². The van der Waals surface area contributed by atoms with Gasteiger partial charge in [0.05, 0.1) is 0 Å². The van der Waals surface area contributed by atoms with Gasteiger partial charge in [0.1, 0.15) is 5.75 Å². The van der Waals surface area contributed by atoms with Crippen molar-refractivity contribution in [1.82, 2.24) is 4.90 Å². The number of hydrogen-bond donors (Lipinski definition) is 1. The molecule has 0 aliphatic carbocycles. The van der Waals surface area contributed by atoms with Gasteiger partial charge >= 0.3 is 0 Å². The van der Waals surface area contributed by atoms with Crippen molar-refractivity contribution in [2.24, 2.45) is 5.73 Å². The van der Waals surface area contributed by atoms with Crippen LogP contribution in [0.4, 0.5) is 0 Å². The van der Waals surface area contributed by atoms with Gasteiger partial charge in [-0.05, 0) is 13.0 Å². The molecule has 4 nitrogen and oxygen atoms in total. The first-order valence-corrected chi connectivity index (χ1v) is 5.64. The van der Waals surface area contributed by atoms with Gasteiger partial charge in [0.25, 0.3) is 0 Å². The zero-order valence-electron chi connectivity index (χ0n) is 8.45. The van der Waals surface area contributed by atoms with Gasteiger partial charge in [-0.15, -0.1) is 0 Å². The molecule has 0 aromatic heterocycles. The van der Waals surface area contributed by atoms with Crippen molar-refractivity contribution in [1.29, 1.82) is 0 Å². The molecule has 0 bridgehead atoms. The van der Waals surface area contributed by atoms with E-state index < -0.39 is 10.8 Å². The van der Waals surface area contributed by atoms with E-state index in [0.717, 1.165) is 0 Å². The summed E-state index contributed by atoms with van der Waals surface area (Å²) in [6.07, 6.45) is 0.702. The Kier molecular flexibility index (Phi) is 5.90. The molecule has 0 rings (SSSR count). The fourth-order valence-corrected chi connectivity index (χ4v) is 1.94. The summed E-state index contributed by atoms with van der Waals surface area (Å²) in [5.74, 6) is 0.0101. The number of rotatable bonds is 5. The molecular formula is C8H18N2O2S. The minimum absolute atomic E-state index is 0.00824. The third kappa shape index (κ3) is 5.00. The van der Waals surface area contributed by atoms with Gasteiger partial charge in [0.15, 0.2) is 0 Å². The summed E-state index contributed by atoms with van der Waals surface area (Å²) >= 11 is 0. The smallest absolute Gasteiger partial charge is 0.234 e. The summed E-state index contributed by atoms with van der Waals surface area (Å²) in [6.45, 7) is 2.37. The fourth-order valence-electron chi connectivity index (χ4n) is 0.759. The van der Waals surface area contributed by atoms with E-state index in [-0.39, 0.29) is 16.9 Å². The summed E-state index contributed by atoms with van der Waals surface area (Å²) in [4.78, 5) is 12.6. The van der Waals surface area contributed by atoms with E-state index in [1.165, 1.54) is 4.90 Å². The molecule has 0 saturated heterocycles. The standard InChI is InChI=1S/C8H18N2O2S/c1-7(4-5-9)13(12)6-8(11)10(2)3/h7H,4-6,9H2,1-3H3. The molecule has 0 aliphatic rings. The highest BCUT2D eigenvalue weighted by Gasteiger charge is 2.15. The molecule has 5 heteroatoms. The second kappa shape index (κ2) is 6.10. The number of carbonyl (C=O) groups excluding carboxylic acids is 1. The molecule has 2 unspecified atom stereocenters. The Morgan fingerprint density at radius 1 is 1.54 bits per heavy atom. The molecule has 0 radical (unpaired) electrons. The Labute approximate surface area is 81.9 Å². The van der Waals surface area contributed by atoms with Gasteiger partial charge < -0.3 is 10.6 Å². The maximum Gasteiger partial charge on any atom is 0.234 e. The van der Waals surface area contributed by atoms with Crippen molar-refractivity contribution in [3.63, 3.8) is 0 Å². The molecule has 0 spiro atoms. The topological polar surface area (TPSA) is 63.4 Å². The highest BCUT2D eigenvalue weighted by molar-refractivity contribution is 7.86. The Balaban J connectivity index is 3.93. The molecule has 0 aliphatic heterocycles. The molecule has 78 valence electrons. The van der Waals surface area contributed by atoms with E-state index in [4.69, 9.17) is 5.73 Å². The lowest BCUT2D eigenvalue weighted by atomic mass is 10.3. The molecule has 0 saturated carbocycles. The highest BCUT2D eigenvalue weighted by atomic mass is 32.2. The maximum atomic E-state index is 11.5. The minimum Gasteiger partial charge on any atom is -0.348 e. The van der Waals surface area contributed by atoms with Crippen LogP contribution in [0.5, 0.6) is 0 Å². The van der Waals surface area contributed by atoms with Crippen molar-refractivity contribution >= 4 is 16.7 Å². The number of nitrogens with zero attached hydrogens (tertiary/aromatic N) is 1. The third-order valence-electron chi connectivity index (χ3n) is 1.79. The Morgan fingerprint density at radius 2 is 2.08 bits per heavy atom. The van der Waals surface area contributed by atoms with Crippen LogP contribution in [0.2, 0.25) is 0 Å². The summed E-state index contributed by atoms with van der Waals surface area (Å²) < 4.78 is 11.5. The van der Waals surface area contributed by atoms with Gasteiger partial charge in [-0.1, -0.05) is 6.92 Å². The Morgan fingerprint density at radius 3 is 2.46 bits per heavy atom. The van der Waals surface area contributed by atoms with Crippen LogP contribution in [0.25, 0.3) is 0 Å². The van der Waals surface area contributed by atoms with Gasteiger partial charge in [-0.25, -0.2) is 0 Å². The quantitative estimate of drug-likeness (QED) is 0.663. The van der Waals surface area contributed by atoms with Crippen LogP contribution in [0.3, 0.4) is 0 Å². The van der Waals surface area contributed by atoms with E-state index in [1.54, 1.807) is 14.1 Å². The normalized spacial score (nSPS) is 15.1. The average molecular weight is 206 g/mol. The van der Waals surface area contributed by atoms with Crippen LogP contribution in [-0.4, -0.2) is 46.7 Å². The summed E-state index contributed by atoms with van der Waals surface area (Å²) in [5, 5.41) is 0.00824. The zero-order valence-corrected chi connectivity index (χ0v) is 9.26. The molecule has 0 aromatic carbocycles. The van der Waals surface area contributed by atoms with Gasteiger partial charge in [0.2, 0.25) is 5.91 Å². The van der Waals surface area contributed by atoms with E-state index in [0.29, 0.717) is 13.0 Å². The number of nitrogens with two attached hydrogens (primary N) is 1. The largest absolute Gasteiger partial charge is 0.348 e. The predicted octanol–water partition coefficient (Wildman–Crippen LogP) is -0.439. The predicted molar refractivity (Wildman–Crippen MR) is 54.8 cm³/mol. The van der Waals surface area contributed by atoms with Crippen molar-refractivity contribution in [2.45, 2.75) is 18.6 Å². The maximum absolute atomic E-state index is 11.5. The summed E-state index contributed by atoms with van der Waals surface area (Å²) in [6, 6.07) is 0. The van der Waals surface area contributed by atoms with Crippen LogP contribution >= 0.6 is 0 Å². The zero-order chi connectivity index (χ0) is 10.4. The average Bonchev–Trinajstić information content (AvgIpc) is 2.04. The first kappa shape index (κ1) is 12.6. The minimum atomic E-state index is -1.09. The lowest BCUT2D eigenvalue weighted by Gasteiger charge is -2.13. The molecule has 2 atom stereocenters. The van der Waals surface area contributed by atoms with Crippen molar-refractivity contribution in [2.75, 3.05) is 26.4 Å². The van der Waals surface area contributed by atoms with Crippen molar-refractivity contribution in [3.8, 4) is 0 Å². The third-order valence-corrected chi connectivity index (χ3v) is 3.45. The highest BCUT2D eigenvalue weighted by Crippen LogP contribution is 2.01. The molecule has 0 aromatic rings. The van der Waals surface area contributed by atoms with Crippen LogP contribution in [0.1, 0.15) is 13.3 Å². The van der Waals surface area contributed by atoms with Gasteiger partial charge in [-0.3, -0.25) is 9.00 Å². The van der Waals surface area contributed by atoms with Crippen LogP contribution < -0.4 is 5.73 Å². The molecule has 1 amide bonds. The Hall–Kier alpha value is -0.420. The Bertz CT molecular complexity index is 195. The molecule has 0 fully saturated rings. The first-order chi connectivity index (χ1) is 5.99. The van der Waals surface area contributed by atoms with E-state index >= 15 is 0 Å². The number of carbonyl (C=O) groups is 1. The lowest BCUT2D eigenvalue weighted by molar-refractivity contribution is -0.125. The lowest BCUT2D eigenvalue weighted by Crippen LogP contribution is -2.30. The molecule has 2 N–H and O–H groups in total. The number of amides is 1. The van der Waals surface area contributed by atoms with Crippen LogP contribution in [0, 0.1) is 0 Å². The van der Waals surface area contributed by atoms with E-state index in [2.05, 4.69) is 0 Å². The van der Waals surface area contributed by atoms with Crippen molar-refractivity contribution in [3.05, 3.63) is 0 Å². The van der Waals surface area contributed by atoms with E-state index in [9.17, 15) is 9.00 Å². The summed E-state index contributed by atoms with van der Waals surface area (Å²) in [7, 11) is 2.23. The van der Waals surface area contributed by atoms with Crippen LogP contribution in [-0.2, 0) is 15.6 Å². The molecule has 0 heterocycles. The first-order valence-electron chi connectivity index (χ1n) is 4.26. The molecular weight excluding hydrogens is 188 g/mol. The van der Waals surface area contributed by atoms with Crippen molar-refractivity contribution < 1.29 is 9.00 Å². The fraction of sp³-hybridized carbons (Fsp3) is 0.875. The van der Waals surface area contributed by atoms with Gasteiger partial charge in [0, 0.05) is 30.1 Å². The van der Waals surface area contributed by atoms with Crippen LogP contribution in [0.15, 0.2) is 0 Å². The SMILES string of the molecule is CC(CCN)S(=O)CC(=O)N(C)C. The monoisotopic (exact) mass is 206 g/mol. The number of hydrogen-bond acceptors (Lipinski definition) is 3. The summed E-state index contributed by atoms with van der Waals surface area (Å²) in [5.41, 5.74) is 5.33. The second-order valence-corrected chi connectivity index (χ2v) is 5.06. The molecule has 13 heavy (non-hydrogen) atoms. The van der Waals surface area contributed by atoms with Gasteiger partial charge in [-0.2, -0.15) is 0 Å². The second-order valence-electron chi connectivity index (χ2n) is 3.20.